The molecule has 0 bridgehead atoms. The Morgan fingerprint density at radius 3 is 2.50 bits per heavy atom. The van der Waals surface area contributed by atoms with Gasteiger partial charge in [-0.05, 0) is 12.1 Å². The van der Waals surface area contributed by atoms with Crippen molar-refractivity contribution in [3.05, 3.63) is 51.5 Å². The second-order valence-electron chi connectivity index (χ2n) is 3.57. The van der Waals surface area contributed by atoms with Crippen LogP contribution in [0.2, 0.25) is 15.1 Å². The van der Waals surface area contributed by atoms with Crippen LogP contribution in [0.3, 0.4) is 0 Å². The molecule has 0 aliphatic rings. The Labute approximate surface area is 109 Å². The molecule has 2 nitrogen and oxygen atoms in total. The molecule has 0 aliphatic carbocycles. The van der Waals surface area contributed by atoms with E-state index in [9.17, 15) is 0 Å². The van der Waals surface area contributed by atoms with Gasteiger partial charge >= 0.3 is 0 Å². The van der Waals surface area contributed by atoms with Crippen LogP contribution < -0.4 is 4.57 Å². The molecule has 0 saturated heterocycles. The van der Waals surface area contributed by atoms with Crippen molar-refractivity contribution in [3.63, 3.8) is 0 Å². The molecule has 0 amide bonds. The molecule has 84 valence electrons. The molecule has 0 saturated carbocycles. The van der Waals surface area contributed by atoms with Crippen LogP contribution in [0, 0.1) is 0 Å². The number of imidazole rings is 1. The lowest BCUT2D eigenvalue weighted by Gasteiger charge is -2.05. The molecule has 0 radical (unpaired) electrons. The van der Waals surface area contributed by atoms with Gasteiger partial charge in [0.05, 0.1) is 17.1 Å². The monoisotopic (exact) mass is 275 g/mol. The van der Waals surface area contributed by atoms with Crippen molar-refractivity contribution in [2.24, 2.45) is 7.05 Å². The van der Waals surface area contributed by atoms with Gasteiger partial charge in [-0.15, -0.1) is 0 Å². The standard InChI is InChI=1S/C11H10Cl3N2/c1-15-4-5-16(7-15)6-8-9(12)2-3-10(13)11(8)14/h2-5,7H,6H2,1H3/q+1. The van der Waals surface area contributed by atoms with Crippen molar-refractivity contribution in [3.8, 4) is 0 Å². The van der Waals surface area contributed by atoms with Crippen LogP contribution in [-0.2, 0) is 13.6 Å². The highest BCUT2D eigenvalue weighted by molar-refractivity contribution is 6.44. The Kier molecular flexibility index (Phi) is 3.43. The first kappa shape index (κ1) is 11.8. The fraction of sp³-hybridized carbons (Fsp3) is 0.182. The van der Waals surface area contributed by atoms with E-state index in [-0.39, 0.29) is 0 Å². The highest BCUT2D eigenvalue weighted by Gasteiger charge is 2.12. The number of benzene rings is 1. The molecular weight excluding hydrogens is 266 g/mol. The summed E-state index contributed by atoms with van der Waals surface area (Å²) in [6, 6.07) is 3.46. The number of aryl methyl sites for hydroxylation is 1. The number of halogens is 3. The molecule has 0 atom stereocenters. The predicted octanol–water partition coefficient (Wildman–Crippen LogP) is 3.32. The Bertz CT molecular complexity index is 520. The fourth-order valence-corrected chi connectivity index (χ4v) is 2.16. The summed E-state index contributed by atoms with van der Waals surface area (Å²) in [4.78, 5) is 0. The Morgan fingerprint density at radius 1 is 1.19 bits per heavy atom. The molecule has 1 aromatic carbocycles. The van der Waals surface area contributed by atoms with E-state index in [1.165, 1.54) is 0 Å². The minimum atomic E-state index is 0.519. The number of hydrogen-bond donors (Lipinski definition) is 0. The van der Waals surface area contributed by atoms with Crippen LogP contribution in [0.25, 0.3) is 0 Å². The minimum absolute atomic E-state index is 0.519. The van der Waals surface area contributed by atoms with Gasteiger partial charge in [0.25, 0.3) is 0 Å². The third-order valence-electron chi connectivity index (χ3n) is 2.30. The molecule has 0 fully saturated rings. The van der Waals surface area contributed by atoms with Crippen LogP contribution in [0.15, 0.2) is 30.9 Å². The van der Waals surface area contributed by atoms with Gasteiger partial charge in [-0.3, -0.25) is 0 Å². The van der Waals surface area contributed by atoms with E-state index in [2.05, 4.69) is 0 Å². The number of hydrogen-bond acceptors (Lipinski definition) is 0. The largest absolute Gasteiger partial charge is 0.243 e. The normalized spacial score (nSPS) is 10.8. The highest BCUT2D eigenvalue weighted by Crippen LogP contribution is 2.31. The summed E-state index contributed by atoms with van der Waals surface area (Å²) >= 11 is 18.2. The summed E-state index contributed by atoms with van der Waals surface area (Å²) in [5.41, 5.74) is 0.840. The van der Waals surface area contributed by atoms with Crippen LogP contribution >= 0.6 is 34.8 Å². The molecular formula is C11H10Cl3N2+. The van der Waals surface area contributed by atoms with E-state index in [4.69, 9.17) is 34.8 Å². The summed E-state index contributed by atoms with van der Waals surface area (Å²) < 4.78 is 3.94. The smallest absolute Gasteiger partial charge is 0.240 e. The highest BCUT2D eigenvalue weighted by atomic mass is 35.5. The van der Waals surface area contributed by atoms with E-state index in [1.54, 1.807) is 12.1 Å². The Balaban J connectivity index is 2.37. The van der Waals surface area contributed by atoms with Crippen molar-refractivity contribution in [1.82, 2.24) is 4.57 Å². The van der Waals surface area contributed by atoms with Gasteiger partial charge in [-0.25, -0.2) is 9.13 Å². The summed E-state index contributed by atoms with van der Waals surface area (Å²) in [5, 5.41) is 1.67. The van der Waals surface area contributed by atoms with Crippen LogP contribution in [0.4, 0.5) is 0 Å². The van der Waals surface area contributed by atoms with E-state index in [0.29, 0.717) is 21.6 Å². The van der Waals surface area contributed by atoms with E-state index in [0.717, 1.165) is 5.56 Å². The van der Waals surface area contributed by atoms with Gasteiger partial charge < -0.3 is 0 Å². The lowest BCUT2D eigenvalue weighted by atomic mass is 10.2. The van der Waals surface area contributed by atoms with E-state index >= 15 is 0 Å². The maximum atomic E-state index is 6.12. The summed E-state index contributed by atoms with van der Waals surface area (Å²) in [6.07, 6.45) is 5.85. The third-order valence-corrected chi connectivity index (χ3v) is 3.50. The number of aromatic nitrogens is 2. The van der Waals surface area contributed by atoms with Crippen molar-refractivity contribution in [2.75, 3.05) is 0 Å². The summed E-state index contributed by atoms with van der Waals surface area (Å²) in [6.45, 7) is 0.610. The topological polar surface area (TPSA) is 8.81 Å². The number of rotatable bonds is 2. The fourth-order valence-electron chi connectivity index (χ4n) is 1.49. The van der Waals surface area contributed by atoms with Crippen LogP contribution in [0.5, 0.6) is 0 Å². The molecule has 0 aliphatic heterocycles. The zero-order valence-electron chi connectivity index (χ0n) is 8.62. The second kappa shape index (κ2) is 4.66. The average Bonchev–Trinajstić information content (AvgIpc) is 2.65. The molecule has 5 heteroatoms. The van der Waals surface area contributed by atoms with E-state index < -0.39 is 0 Å². The number of nitrogens with zero attached hydrogens (tertiary/aromatic N) is 2. The summed E-state index contributed by atoms with van der Waals surface area (Å²) in [5.74, 6) is 0. The molecule has 0 unspecified atom stereocenters. The van der Waals surface area contributed by atoms with Gasteiger partial charge in [0.15, 0.2) is 0 Å². The molecule has 1 aromatic heterocycles. The van der Waals surface area contributed by atoms with Crippen molar-refractivity contribution < 1.29 is 4.57 Å². The molecule has 2 rings (SSSR count). The van der Waals surface area contributed by atoms with E-state index in [1.807, 2.05) is 34.9 Å². The van der Waals surface area contributed by atoms with Crippen molar-refractivity contribution >= 4 is 34.8 Å². The maximum absolute atomic E-state index is 6.12. The molecule has 16 heavy (non-hydrogen) atoms. The molecule has 0 spiro atoms. The van der Waals surface area contributed by atoms with Crippen molar-refractivity contribution in [1.29, 1.82) is 0 Å². The molecule has 0 N–H and O–H groups in total. The van der Waals surface area contributed by atoms with Gasteiger partial charge in [0.2, 0.25) is 6.33 Å². The zero-order valence-corrected chi connectivity index (χ0v) is 10.9. The third kappa shape index (κ3) is 2.34. The van der Waals surface area contributed by atoms with Gasteiger partial charge in [0.1, 0.15) is 18.9 Å². The van der Waals surface area contributed by atoms with Gasteiger partial charge in [-0.2, -0.15) is 0 Å². The summed E-state index contributed by atoms with van der Waals surface area (Å²) in [7, 11) is 1.96. The molecule has 2 aromatic rings. The Morgan fingerprint density at radius 2 is 1.88 bits per heavy atom. The predicted molar refractivity (Wildman–Crippen MR) is 66.2 cm³/mol. The van der Waals surface area contributed by atoms with Crippen LogP contribution in [0.1, 0.15) is 5.56 Å². The zero-order chi connectivity index (χ0) is 11.7. The first-order chi connectivity index (χ1) is 7.58. The van der Waals surface area contributed by atoms with Crippen LogP contribution in [-0.4, -0.2) is 4.57 Å². The lowest BCUT2D eigenvalue weighted by Crippen LogP contribution is -2.23. The second-order valence-corrected chi connectivity index (χ2v) is 4.77. The van der Waals surface area contributed by atoms with Gasteiger partial charge in [0, 0.05) is 10.6 Å². The lowest BCUT2D eigenvalue weighted by molar-refractivity contribution is -0.671. The average molecular weight is 277 g/mol. The minimum Gasteiger partial charge on any atom is -0.240 e. The first-order valence-corrected chi connectivity index (χ1v) is 5.84. The SMILES string of the molecule is C[n+]1ccn(Cc2c(Cl)ccc(Cl)c2Cl)c1. The van der Waals surface area contributed by atoms with Gasteiger partial charge in [-0.1, -0.05) is 34.8 Å². The Hall–Kier alpha value is -0.700. The van der Waals surface area contributed by atoms with Crippen molar-refractivity contribution in [2.45, 2.75) is 6.54 Å². The first-order valence-electron chi connectivity index (χ1n) is 4.71. The molecule has 1 heterocycles. The quantitative estimate of drug-likeness (QED) is 0.588. The maximum Gasteiger partial charge on any atom is 0.243 e.